The molecule has 0 radical (unpaired) electrons. The van der Waals surface area contributed by atoms with E-state index in [0.29, 0.717) is 0 Å². The van der Waals surface area contributed by atoms with Crippen LogP contribution >= 0.6 is 0 Å². The fourth-order valence-electron chi connectivity index (χ4n) is 0.0745. The van der Waals surface area contributed by atoms with E-state index in [1.165, 1.54) is 0 Å². The van der Waals surface area contributed by atoms with Gasteiger partial charge in [-0.25, -0.2) is 0 Å². The molecule has 0 saturated carbocycles. The van der Waals surface area contributed by atoms with Gasteiger partial charge in [0.25, 0.3) is 0 Å². The maximum atomic E-state index is 9.41. The molecule has 0 heterocycles. The molecule has 5 heteroatoms. The van der Waals surface area contributed by atoms with Crippen molar-refractivity contribution < 1.29 is 39.0 Å². The third-order valence-corrected chi connectivity index (χ3v) is 0.445. The number of rotatable bonds is 2. The Morgan fingerprint density at radius 1 is 1.75 bits per heavy atom. The largest absolute Gasteiger partial charge is 1.00 e. The second-order valence-electron chi connectivity index (χ2n) is 1.02. The number of carboxylic acid groups (broad SMARTS) is 1. The van der Waals surface area contributed by atoms with E-state index in [0.717, 1.165) is 0 Å². The molecule has 0 aliphatic carbocycles. The molecule has 0 spiro atoms. The molecule has 0 saturated heterocycles. The zero-order chi connectivity index (χ0) is 5.86. The number of hydrogen-bond donors (Lipinski definition) is 2. The van der Waals surface area contributed by atoms with Crippen LogP contribution in [-0.4, -0.2) is 28.9 Å². The maximum Gasteiger partial charge on any atom is 1.00 e. The summed E-state index contributed by atoms with van der Waals surface area (Å²) in [4.78, 5) is 9.41. The van der Waals surface area contributed by atoms with E-state index in [1.807, 2.05) is 0 Å². The van der Waals surface area contributed by atoms with E-state index in [1.54, 1.807) is 0 Å². The average Bonchev–Trinajstić information content (AvgIpc) is 1.65. The first-order valence-electron chi connectivity index (χ1n) is 1.68. The van der Waals surface area contributed by atoms with Gasteiger partial charge in [-0.3, -0.25) is 0 Å². The monoisotopic (exact) mass is 112 g/mol. The molecule has 0 aliphatic heterocycles. The predicted molar refractivity (Wildman–Crippen MR) is 18.1 cm³/mol. The van der Waals surface area contributed by atoms with Crippen LogP contribution in [0.4, 0.5) is 0 Å². The van der Waals surface area contributed by atoms with E-state index >= 15 is 0 Å². The van der Waals surface area contributed by atoms with Crippen molar-refractivity contribution in [1.29, 1.82) is 0 Å². The van der Waals surface area contributed by atoms with Crippen molar-refractivity contribution in [2.45, 2.75) is 6.10 Å². The molecule has 0 amide bonds. The van der Waals surface area contributed by atoms with Gasteiger partial charge >= 0.3 is 18.9 Å². The molecule has 0 rings (SSSR count). The maximum absolute atomic E-state index is 9.41. The van der Waals surface area contributed by atoms with Gasteiger partial charge < -0.3 is 20.1 Å². The van der Waals surface area contributed by atoms with Crippen LogP contribution in [0.15, 0.2) is 0 Å². The fourth-order valence-corrected chi connectivity index (χ4v) is 0.0745. The van der Waals surface area contributed by atoms with Crippen molar-refractivity contribution in [2.24, 2.45) is 0 Å². The standard InChI is InChI=1S/C3H6O4.Li/c4-1-2(5)3(6)7;/h2,4-5H,1H2,(H,6,7);/q;+1/p-1/t2-;/m1./s1. The Hall–Kier alpha value is -0.0126. The average molecular weight is 112 g/mol. The van der Waals surface area contributed by atoms with Crippen LogP contribution in [0.3, 0.4) is 0 Å². The smallest absolute Gasteiger partial charge is 0.547 e. The van der Waals surface area contributed by atoms with Crippen LogP contribution in [-0.2, 0) is 4.79 Å². The summed E-state index contributed by atoms with van der Waals surface area (Å²) >= 11 is 0. The van der Waals surface area contributed by atoms with Crippen molar-refractivity contribution >= 4 is 5.97 Å². The van der Waals surface area contributed by atoms with Crippen LogP contribution in [0.25, 0.3) is 0 Å². The summed E-state index contributed by atoms with van der Waals surface area (Å²) in [6.45, 7) is -0.789. The van der Waals surface area contributed by atoms with Crippen molar-refractivity contribution in [2.75, 3.05) is 6.61 Å². The van der Waals surface area contributed by atoms with E-state index in [-0.39, 0.29) is 18.9 Å². The van der Waals surface area contributed by atoms with Gasteiger partial charge in [-0.2, -0.15) is 0 Å². The Bertz CT molecular complexity index is 73.7. The summed E-state index contributed by atoms with van der Waals surface area (Å²) < 4.78 is 0. The van der Waals surface area contributed by atoms with Crippen LogP contribution in [0.5, 0.6) is 0 Å². The van der Waals surface area contributed by atoms with E-state index in [2.05, 4.69) is 0 Å². The topological polar surface area (TPSA) is 80.6 Å². The van der Waals surface area contributed by atoms with E-state index in [4.69, 9.17) is 10.2 Å². The number of carboxylic acids is 1. The number of hydrogen-bond acceptors (Lipinski definition) is 4. The van der Waals surface area contributed by atoms with Crippen LogP contribution in [0.1, 0.15) is 0 Å². The van der Waals surface area contributed by atoms with Gasteiger partial charge in [0.05, 0.1) is 12.6 Å². The van der Waals surface area contributed by atoms with Gasteiger partial charge in [-0.1, -0.05) is 0 Å². The summed E-state index contributed by atoms with van der Waals surface area (Å²) in [5, 5.41) is 25.3. The van der Waals surface area contributed by atoms with Crippen molar-refractivity contribution in [3.8, 4) is 0 Å². The summed E-state index contributed by atoms with van der Waals surface area (Å²) in [6.07, 6.45) is -1.74. The summed E-state index contributed by atoms with van der Waals surface area (Å²) in [5.74, 6) is -1.65. The molecule has 0 aliphatic rings. The molecule has 0 aromatic rings. The second kappa shape index (κ2) is 5.13. The molecule has 42 valence electrons. The first kappa shape index (κ1) is 10.9. The molecule has 4 nitrogen and oxygen atoms in total. The van der Waals surface area contributed by atoms with Gasteiger partial charge in [0.1, 0.15) is 6.10 Å². The minimum atomic E-state index is -1.74. The Morgan fingerprint density at radius 3 is 2.12 bits per heavy atom. The third-order valence-electron chi connectivity index (χ3n) is 0.445. The number of aliphatic hydroxyl groups is 2. The van der Waals surface area contributed by atoms with Gasteiger partial charge in [-0.05, 0) is 0 Å². The number of carbonyl (C=O) groups is 1. The van der Waals surface area contributed by atoms with Crippen molar-refractivity contribution in [1.82, 2.24) is 0 Å². The number of aliphatic carboxylic acids is 1. The quantitative estimate of drug-likeness (QED) is 0.348. The number of aliphatic hydroxyl groups excluding tert-OH is 2. The summed E-state index contributed by atoms with van der Waals surface area (Å²) in [5.41, 5.74) is 0. The first-order chi connectivity index (χ1) is 3.18. The van der Waals surface area contributed by atoms with Crippen LogP contribution in [0.2, 0.25) is 0 Å². The van der Waals surface area contributed by atoms with E-state index < -0.39 is 18.7 Å². The van der Waals surface area contributed by atoms with Crippen LogP contribution in [0, 0.1) is 0 Å². The number of carbonyl (C=O) groups excluding carboxylic acids is 1. The fraction of sp³-hybridized carbons (Fsp3) is 0.667. The Labute approximate surface area is 58.3 Å². The molecule has 8 heavy (non-hydrogen) atoms. The summed E-state index contributed by atoms with van der Waals surface area (Å²) in [7, 11) is 0. The zero-order valence-electron chi connectivity index (χ0n) is 4.50. The normalized spacial score (nSPS) is 11.8. The molecule has 0 aromatic heterocycles. The Balaban J connectivity index is 0. The van der Waals surface area contributed by atoms with Gasteiger partial charge in [0, 0.05) is 0 Å². The second-order valence-corrected chi connectivity index (χ2v) is 1.02. The minimum Gasteiger partial charge on any atom is -0.547 e. The Kier molecular flexibility index (Phi) is 6.98. The van der Waals surface area contributed by atoms with Crippen molar-refractivity contribution in [3.05, 3.63) is 0 Å². The van der Waals surface area contributed by atoms with Gasteiger partial charge in [0.15, 0.2) is 0 Å². The molecule has 0 bridgehead atoms. The minimum absolute atomic E-state index is 0. The zero-order valence-corrected chi connectivity index (χ0v) is 4.50. The molecule has 2 N–H and O–H groups in total. The SMILES string of the molecule is O=C([O-])[C@H](O)CO.[Li+]. The first-order valence-corrected chi connectivity index (χ1v) is 1.68. The van der Waals surface area contributed by atoms with Crippen LogP contribution < -0.4 is 24.0 Å². The molecule has 0 fully saturated rings. The molecule has 0 aromatic carbocycles. The Morgan fingerprint density at radius 2 is 2.12 bits per heavy atom. The summed E-state index contributed by atoms with van der Waals surface area (Å²) in [6, 6.07) is 0. The van der Waals surface area contributed by atoms with E-state index in [9.17, 15) is 9.90 Å². The molecular weight excluding hydrogens is 107 g/mol. The molecule has 0 unspecified atom stereocenters. The molecular formula is C3H5LiO4. The molecule has 1 atom stereocenters. The predicted octanol–water partition coefficient (Wildman–Crippen LogP) is -5.91. The van der Waals surface area contributed by atoms with Gasteiger partial charge in [0.2, 0.25) is 0 Å². The third kappa shape index (κ3) is 4.15. The van der Waals surface area contributed by atoms with Crippen molar-refractivity contribution in [3.63, 3.8) is 0 Å². The van der Waals surface area contributed by atoms with Gasteiger partial charge in [-0.15, -0.1) is 0 Å².